The van der Waals surface area contributed by atoms with Gasteiger partial charge in [0.05, 0.1) is 17.4 Å². The lowest BCUT2D eigenvalue weighted by Gasteiger charge is -2.29. The average molecular weight is 454 g/mol. The third-order valence-electron chi connectivity index (χ3n) is 5.59. The Morgan fingerprint density at radius 2 is 1.62 bits per heavy atom. The lowest BCUT2D eigenvalue weighted by molar-refractivity contribution is -0.114. The summed E-state index contributed by atoms with van der Waals surface area (Å²) in [5, 5.41) is 11.8. The maximum atomic E-state index is 13.8. The van der Waals surface area contributed by atoms with E-state index in [1.165, 1.54) is 11.7 Å². The van der Waals surface area contributed by atoms with E-state index in [2.05, 4.69) is 15.5 Å². The summed E-state index contributed by atoms with van der Waals surface area (Å²) in [5.74, 6) is -0.351. The van der Waals surface area contributed by atoms with E-state index in [0.29, 0.717) is 23.6 Å². The Labute approximate surface area is 199 Å². The van der Waals surface area contributed by atoms with Gasteiger partial charge < -0.3 is 10.2 Å². The maximum Gasteiger partial charge on any atom is 0.277 e. The van der Waals surface area contributed by atoms with Gasteiger partial charge in [0.2, 0.25) is 5.91 Å². The fourth-order valence-corrected chi connectivity index (χ4v) is 3.81. The van der Waals surface area contributed by atoms with Gasteiger partial charge in [0.1, 0.15) is 0 Å². The lowest BCUT2D eigenvalue weighted by atomic mass is 10.0. The second kappa shape index (κ2) is 10.1. The molecule has 0 aliphatic rings. The van der Waals surface area contributed by atoms with Gasteiger partial charge in [-0.2, -0.15) is 9.90 Å². The van der Waals surface area contributed by atoms with E-state index in [4.69, 9.17) is 0 Å². The molecule has 0 aliphatic heterocycles. The van der Waals surface area contributed by atoms with Gasteiger partial charge in [-0.05, 0) is 49.2 Å². The number of benzene rings is 3. The molecule has 1 heterocycles. The first kappa shape index (κ1) is 22.9. The maximum absolute atomic E-state index is 13.8. The molecule has 3 aromatic carbocycles. The van der Waals surface area contributed by atoms with E-state index >= 15 is 0 Å². The molecule has 0 saturated carbocycles. The molecule has 1 N–H and O–H groups in total. The molecule has 4 rings (SSSR count). The van der Waals surface area contributed by atoms with Crippen LogP contribution >= 0.6 is 0 Å². The van der Waals surface area contributed by atoms with Crippen molar-refractivity contribution in [1.82, 2.24) is 19.9 Å². The molecule has 7 heteroatoms. The summed E-state index contributed by atoms with van der Waals surface area (Å²) >= 11 is 0. The molecule has 0 spiro atoms. The number of para-hydroxylation sites is 1. The lowest BCUT2D eigenvalue weighted by Crippen LogP contribution is -2.34. The van der Waals surface area contributed by atoms with E-state index in [0.717, 1.165) is 16.8 Å². The van der Waals surface area contributed by atoms with Crippen LogP contribution < -0.4 is 5.32 Å². The zero-order chi connectivity index (χ0) is 24.1. The van der Waals surface area contributed by atoms with Crippen LogP contribution in [0, 0.1) is 6.92 Å². The van der Waals surface area contributed by atoms with Crippen molar-refractivity contribution in [2.75, 3.05) is 5.32 Å². The number of nitrogens with zero attached hydrogens (tertiary/aromatic N) is 4. The van der Waals surface area contributed by atoms with Crippen molar-refractivity contribution in [3.63, 3.8) is 0 Å². The second-order valence-corrected chi connectivity index (χ2v) is 8.16. The van der Waals surface area contributed by atoms with Crippen molar-refractivity contribution in [2.45, 2.75) is 33.4 Å². The summed E-state index contributed by atoms with van der Waals surface area (Å²) in [7, 11) is 0. The number of anilines is 1. The number of aryl methyl sites for hydroxylation is 1. The van der Waals surface area contributed by atoms with Crippen LogP contribution in [0.1, 0.15) is 47.2 Å². The number of carbonyl (C=O) groups is 2. The number of hydrogen-bond acceptors (Lipinski definition) is 4. The molecule has 172 valence electrons. The Morgan fingerprint density at radius 3 is 2.29 bits per heavy atom. The number of hydrogen-bond donors (Lipinski definition) is 1. The summed E-state index contributed by atoms with van der Waals surface area (Å²) in [5.41, 5.74) is 4.26. The molecule has 34 heavy (non-hydrogen) atoms. The Bertz CT molecular complexity index is 1280. The standard InChI is InChI=1S/C27H27N5O2/c1-19-26(30-32(29-19)25-15-8-5-9-16-25)27(34)31(18-22-11-6-4-7-12-22)20(2)23-13-10-14-24(17-23)28-21(3)33/h4-17,20H,18H2,1-3H3,(H,28,33)/t20-/m1/s1. The van der Waals surface area contributed by atoms with Crippen LogP contribution in [0.4, 0.5) is 5.69 Å². The largest absolute Gasteiger partial charge is 0.326 e. The van der Waals surface area contributed by atoms with E-state index in [-0.39, 0.29) is 17.9 Å². The van der Waals surface area contributed by atoms with Crippen LogP contribution in [0.15, 0.2) is 84.9 Å². The van der Waals surface area contributed by atoms with Gasteiger partial charge in [0, 0.05) is 19.2 Å². The zero-order valence-corrected chi connectivity index (χ0v) is 19.5. The van der Waals surface area contributed by atoms with Crippen molar-refractivity contribution < 1.29 is 9.59 Å². The van der Waals surface area contributed by atoms with Crippen LogP contribution in [0.25, 0.3) is 5.69 Å². The molecule has 0 aliphatic carbocycles. The molecule has 0 fully saturated rings. The normalized spacial score (nSPS) is 11.6. The molecule has 0 saturated heterocycles. The van der Waals surface area contributed by atoms with Crippen LogP contribution in [-0.2, 0) is 11.3 Å². The first-order valence-corrected chi connectivity index (χ1v) is 11.1. The molecule has 0 unspecified atom stereocenters. The molecule has 0 radical (unpaired) electrons. The smallest absolute Gasteiger partial charge is 0.277 e. The summed E-state index contributed by atoms with van der Waals surface area (Å²) in [6, 6.07) is 26.6. The Morgan fingerprint density at radius 1 is 0.941 bits per heavy atom. The summed E-state index contributed by atoms with van der Waals surface area (Å²) < 4.78 is 0. The van der Waals surface area contributed by atoms with Gasteiger partial charge in [0.15, 0.2) is 5.69 Å². The Kier molecular flexibility index (Phi) is 6.82. The number of nitrogens with one attached hydrogen (secondary N) is 1. The first-order valence-electron chi connectivity index (χ1n) is 11.1. The van der Waals surface area contributed by atoms with Gasteiger partial charge >= 0.3 is 0 Å². The fraction of sp³-hybridized carbons (Fsp3) is 0.185. The van der Waals surface area contributed by atoms with E-state index in [1.807, 2.05) is 91.9 Å². The predicted molar refractivity (Wildman–Crippen MR) is 132 cm³/mol. The van der Waals surface area contributed by atoms with Crippen molar-refractivity contribution in [3.05, 3.63) is 107 Å². The third-order valence-corrected chi connectivity index (χ3v) is 5.59. The van der Waals surface area contributed by atoms with Crippen molar-refractivity contribution >= 4 is 17.5 Å². The Balaban J connectivity index is 1.70. The minimum Gasteiger partial charge on any atom is -0.326 e. The van der Waals surface area contributed by atoms with Crippen LogP contribution in [-0.4, -0.2) is 31.7 Å². The van der Waals surface area contributed by atoms with Gasteiger partial charge in [-0.1, -0.05) is 60.7 Å². The molecule has 4 aromatic rings. The van der Waals surface area contributed by atoms with Crippen LogP contribution in [0.5, 0.6) is 0 Å². The third kappa shape index (κ3) is 5.20. The fourth-order valence-electron chi connectivity index (χ4n) is 3.81. The molecule has 1 aromatic heterocycles. The van der Waals surface area contributed by atoms with Crippen molar-refractivity contribution in [3.8, 4) is 5.69 Å². The SMILES string of the molecule is CC(=O)Nc1cccc([C@@H](C)N(Cc2ccccc2)C(=O)c2nn(-c3ccccc3)nc2C)c1. The minimum absolute atomic E-state index is 0.143. The highest BCUT2D eigenvalue weighted by molar-refractivity contribution is 5.93. The van der Waals surface area contributed by atoms with E-state index in [9.17, 15) is 9.59 Å². The number of amides is 2. The monoisotopic (exact) mass is 453 g/mol. The van der Waals surface area contributed by atoms with Crippen LogP contribution in [0.3, 0.4) is 0 Å². The van der Waals surface area contributed by atoms with Crippen molar-refractivity contribution in [1.29, 1.82) is 0 Å². The van der Waals surface area contributed by atoms with E-state index in [1.54, 1.807) is 11.8 Å². The van der Waals surface area contributed by atoms with Gasteiger partial charge in [-0.15, -0.1) is 5.10 Å². The molecule has 0 bridgehead atoms. The van der Waals surface area contributed by atoms with Gasteiger partial charge in [-0.3, -0.25) is 9.59 Å². The quantitative estimate of drug-likeness (QED) is 0.430. The summed E-state index contributed by atoms with van der Waals surface area (Å²) in [6.07, 6.45) is 0. The highest BCUT2D eigenvalue weighted by atomic mass is 16.2. The molecular formula is C27H27N5O2. The van der Waals surface area contributed by atoms with Gasteiger partial charge in [-0.25, -0.2) is 0 Å². The summed E-state index contributed by atoms with van der Waals surface area (Å²) in [4.78, 5) is 28.6. The topological polar surface area (TPSA) is 80.1 Å². The number of rotatable bonds is 7. The molecule has 2 amide bonds. The van der Waals surface area contributed by atoms with Gasteiger partial charge in [0.25, 0.3) is 5.91 Å². The zero-order valence-electron chi connectivity index (χ0n) is 19.5. The molecule has 7 nitrogen and oxygen atoms in total. The predicted octanol–water partition coefficient (Wildman–Crippen LogP) is 4.94. The Hall–Kier alpha value is -4.26. The average Bonchev–Trinajstić information content (AvgIpc) is 3.24. The minimum atomic E-state index is -0.275. The molecular weight excluding hydrogens is 426 g/mol. The first-order chi connectivity index (χ1) is 16.4. The van der Waals surface area contributed by atoms with Crippen LogP contribution in [0.2, 0.25) is 0 Å². The van der Waals surface area contributed by atoms with E-state index < -0.39 is 0 Å². The molecule has 1 atom stereocenters. The number of carbonyl (C=O) groups excluding carboxylic acids is 2. The highest BCUT2D eigenvalue weighted by Gasteiger charge is 2.27. The summed E-state index contributed by atoms with van der Waals surface area (Å²) in [6.45, 7) is 5.65. The van der Waals surface area contributed by atoms with Crippen molar-refractivity contribution in [2.24, 2.45) is 0 Å². The number of aromatic nitrogens is 3. The highest BCUT2D eigenvalue weighted by Crippen LogP contribution is 2.27. The second-order valence-electron chi connectivity index (χ2n) is 8.16.